The Hall–Kier alpha value is -4.03. The summed E-state index contributed by atoms with van der Waals surface area (Å²) in [6.07, 6.45) is 1.40. The molecule has 5 rings (SSSR count). The van der Waals surface area contributed by atoms with Gasteiger partial charge in [-0.05, 0) is 30.7 Å². The number of carbonyl (C=O) groups is 2. The molecule has 42 heavy (non-hydrogen) atoms. The van der Waals surface area contributed by atoms with Gasteiger partial charge >= 0.3 is 13.6 Å². The fraction of sp³-hybridized carbons (Fsp3) is 0.321. The Kier molecular flexibility index (Phi) is 8.20. The zero-order valence-electron chi connectivity index (χ0n) is 22.7. The first-order valence-electron chi connectivity index (χ1n) is 13.3. The largest absolute Gasteiger partial charge is 0.505 e. The lowest BCUT2D eigenvalue weighted by atomic mass is 10.00. The Balaban J connectivity index is 1.39. The van der Waals surface area contributed by atoms with Crippen LogP contribution in [0.3, 0.4) is 0 Å². The number of aliphatic carboxylic acids is 1. The van der Waals surface area contributed by atoms with E-state index in [2.05, 4.69) is 4.98 Å². The van der Waals surface area contributed by atoms with Crippen LogP contribution in [0.2, 0.25) is 0 Å². The Labute approximate surface area is 239 Å². The summed E-state index contributed by atoms with van der Waals surface area (Å²) in [7, 11) is -4.12. The van der Waals surface area contributed by atoms with Crippen molar-refractivity contribution in [2.45, 2.75) is 19.6 Å². The molecule has 1 amide bonds. The van der Waals surface area contributed by atoms with E-state index in [1.807, 2.05) is 4.90 Å². The molecule has 0 saturated carbocycles. The van der Waals surface area contributed by atoms with E-state index < -0.39 is 25.5 Å². The summed E-state index contributed by atoms with van der Waals surface area (Å²) in [5.74, 6) is -2.57. The van der Waals surface area contributed by atoms with E-state index in [4.69, 9.17) is 9.63 Å². The molecule has 14 heteroatoms. The molecule has 2 atom stereocenters. The van der Waals surface area contributed by atoms with Crippen LogP contribution in [0.15, 0.2) is 48.8 Å². The van der Waals surface area contributed by atoms with Crippen molar-refractivity contribution in [1.82, 2.24) is 19.4 Å². The lowest BCUT2D eigenvalue weighted by Crippen LogP contribution is -2.49. The van der Waals surface area contributed by atoms with Crippen LogP contribution in [0.5, 0.6) is 11.6 Å². The standard InChI is InChI=1S/C28H30FN4O8P/c1-17(28(37)38)41-42(39,40)14-13-31-9-11-32(12-10-31)26(35)22-20-3-2-8-30-24(20)25(34)23-21(22)16-33(27(23)36)15-18-4-6-19(29)7-5-18/h2-8,16-17,34,36H,9-15H2,1H3,(H,37,38)(H,39,40). The lowest BCUT2D eigenvalue weighted by molar-refractivity contribution is -0.144. The van der Waals surface area contributed by atoms with Crippen LogP contribution in [0.25, 0.3) is 21.7 Å². The van der Waals surface area contributed by atoms with E-state index in [1.54, 1.807) is 35.4 Å². The van der Waals surface area contributed by atoms with Gasteiger partial charge in [-0.3, -0.25) is 23.8 Å². The topological polar surface area (TPSA) is 166 Å². The molecule has 1 aliphatic rings. The highest BCUT2D eigenvalue weighted by Gasteiger charge is 2.31. The van der Waals surface area contributed by atoms with Crippen molar-refractivity contribution in [3.8, 4) is 11.6 Å². The second kappa shape index (κ2) is 11.7. The molecule has 12 nitrogen and oxygen atoms in total. The molecule has 1 fully saturated rings. The average molecular weight is 601 g/mol. The van der Waals surface area contributed by atoms with Crippen molar-refractivity contribution in [3.63, 3.8) is 0 Å². The summed E-state index contributed by atoms with van der Waals surface area (Å²) in [6, 6.07) is 9.11. The van der Waals surface area contributed by atoms with Gasteiger partial charge in [-0.25, -0.2) is 9.18 Å². The van der Waals surface area contributed by atoms with Crippen molar-refractivity contribution in [3.05, 3.63) is 65.7 Å². The molecule has 1 aliphatic heterocycles. The zero-order valence-corrected chi connectivity index (χ0v) is 23.6. The number of nitrogens with zero attached hydrogens (tertiary/aromatic N) is 4. The number of aromatic hydroxyl groups is 2. The lowest BCUT2D eigenvalue weighted by Gasteiger charge is -2.35. The number of phenols is 1. The third kappa shape index (κ3) is 5.95. The molecule has 222 valence electrons. The van der Waals surface area contributed by atoms with Crippen LogP contribution in [0, 0.1) is 5.82 Å². The van der Waals surface area contributed by atoms with Crippen molar-refractivity contribution in [2.24, 2.45) is 0 Å². The number of hydrogen-bond acceptors (Lipinski definition) is 8. The third-order valence-corrected chi connectivity index (χ3v) is 8.78. The van der Waals surface area contributed by atoms with Crippen LogP contribution in [0.1, 0.15) is 22.8 Å². The van der Waals surface area contributed by atoms with Crippen molar-refractivity contribution in [2.75, 3.05) is 38.9 Å². The van der Waals surface area contributed by atoms with Crippen molar-refractivity contribution in [1.29, 1.82) is 0 Å². The molecule has 0 spiro atoms. The number of halogens is 1. The first kappa shape index (κ1) is 29.5. The number of carboxylic acid groups (broad SMARTS) is 1. The highest BCUT2D eigenvalue weighted by Crippen LogP contribution is 2.44. The van der Waals surface area contributed by atoms with Gasteiger partial charge in [-0.2, -0.15) is 0 Å². The SMILES string of the molecule is CC(OP(=O)(O)CCN1CCN(C(=O)c2c3cccnc3c(O)c3c(O)n(Cc4ccc(F)cc4)cc23)CC1)C(=O)O. The molecular weight excluding hydrogens is 570 g/mol. The van der Waals surface area contributed by atoms with Crippen LogP contribution in [-0.4, -0.2) is 96.4 Å². The highest BCUT2D eigenvalue weighted by atomic mass is 31.2. The van der Waals surface area contributed by atoms with Gasteiger partial charge < -0.3 is 29.7 Å². The maximum Gasteiger partial charge on any atom is 0.333 e. The highest BCUT2D eigenvalue weighted by molar-refractivity contribution is 7.52. The second-order valence-corrected chi connectivity index (χ2v) is 12.1. The fourth-order valence-electron chi connectivity index (χ4n) is 5.11. The molecular formula is C28H30FN4O8P. The van der Waals surface area contributed by atoms with E-state index >= 15 is 0 Å². The Morgan fingerprint density at radius 2 is 1.79 bits per heavy atom. The molecule has 2 unspecified atom stereocenters. The van der Waals surface area contributed by atoms with E-state index in [0.29, 0.717) is 42.5 Å². The Morgan fingerprint density at radius 3 is 2.45 bits per heavy atom. The molecule has 3 heterocycles. The second-order valence-electron chi connectivity index (χ2n) is 10.2. The first-order valence-corrected chi connectivity index (χ1v) is 15.0. The summed E-state index contributed by atoms with van der Waals surface area (Å²) in [4.78, 5) is 42.7. The zero-order chi connectivity index (χ0) is 30.2. The number of aromatic nitrogens is 2. The molecule has 2 aromatic heterocycles. The maximum absolute atomic E-state index is 14.0. The number of amides is 1. The minimum absolute atomic E-state index is 0.0829. The molecule has 0 radical (unpaired) electrons. The number of fused-ring (bicyclic) bond motifs is 2. The smallest absolute Gasteiger partial charge is 0.333 e. The van der Waals surface area contributed by atoms with Gasteiger partial charge in [-0.15, -0.1) is 0 Å². The summed E-state index contributed by atoms with van der Waals surface area (Å²) in [5, 5.41) is 31.9. The van der Waals surface area contributed by atoms with Gasteiger partial charge in [-0.1, -0.05) is 18.2 Å². The van der Waals surface area contributed by atoms with Crippen molar-refractivity contribution >= 4 is 41.1 Å². The van der Waals surface area contributed by atoms with Crippen LogP contribution >= 0.6 is 7.60 Å². The average Bonchev–Trinajstić information content (AvgIpc) is 3.28. The number of phenolic OH excluding ortho intramolecular Hbond substituents is 1. The van der Waals surface area contributed by atoms with Gasteiger partial charge in [0.15, 0.2) is 11.9 Å². The predicted octanol–water partition coefficient (Wildman–Crippen LogP) is 3.22. The molecule has 0 bridgehead atoms. The summed E-state index contributed by atoms with van der Waals surface area (Å²) in [6.45, 7) is 2.92. The Bertz CT molecular complexity index is 1700. The van der Waals surface area contributed by atoms with Gasteiger partial charge in [0, 0.05) is 55.9 Å². The number of carbonyl (C=O) groups excluding carboxylic acids is 1. The van der Waals surface area contributed by atoms with Gasteiger partial charge in [0.1, 0.15) is 11.3 Å². The monoisotopic (exact) mass is 600 g/mol. The molecule has 2 aromatic carbocycles. The van der Waals surface area contributed by atoms with E-state index in [0.717, 1.165) is 0 Å². The van der Waals surface area contributed by atoms with Crippen LogP contribution in [-0.2, 0) is 20.4 Å². The van der Waals surface area contributed by atoms with Gasteiger partial charge in [0.2, 0.25) is 5.88 Å². The minimum atomic E-state index is -4.12. The third-order valence-electron chi connectivity index (χ3n) is 7.37. The van der Waals surface area contributed by atoms with E-state index in [-0.39, 0.29) is 53.3 Å². The summed E-state index contributed by atoms with van der Waals surface area (Å²) >= 11 is 0. The molecule has 1 saturated heterocycles. The molecule has 0 aliphatic carbocycles. The number of piperazine rings is 1. The minimum Gasteiger partial charge on any atom is -0.505 e. The number of rotatable bonds is 9. The van der Waals surface area contributed by atoms with Crippen LogP contribution in [0.4, 0.5) is 4.39 Å². The van der Waals surface area contributed by atoms with Gasteiger partial charge in [0.05, 0.1) is 23.7 Å². The van der Waals surface area contributed by atoms with Gasteiger partial charge in [0.25, 0.3) is 5.91 Å². The van der Waals surface area contributed by atoms with Crippen LogP contribution < -0.4 is 0 Å². The number of carboxylic acids is 1. The fourth-order valence-corrected chi connectivity index (χ4v) is 6.34. The number of pyridine rings is 1. The van der Waals surface area contributed by atoms with E-state index in [9.17, 15) is 33.7 Å². The predicted molar refractivity (Wildman–Crippen MR) is 151 cm³/mol. The number of benzene rings is 2. The molecule has 4 aromatic rings. The quantitative estimate of drug-likeness (QED) is 0.210. The van der Waals surface area contributed by atoms with Crippen molar-refractivity contribution < 1.29 is 43.3 Å². The normalized spacial score (nSPS) is 16.5. The summed E-state index contributed by atoms with van der Waals surface area (Å²) < 4.78 is 32.0. The molecule has 4 N–H and O–H groups in total. The summed E-state index contributed by atoms with van der Waals surface area (Å²) in [5.41, 5.74) is 1.13. The first-order chi connectivity index (χ1) is 19.9. The number of hydrogen-bond donors (Lipinski definition) is 4. The Morgan fingerprint density at radius 1 is 1.10 bits per heavy atom. The van der Waals surface area contributed by atoms with E-state index in [1.165, 1.54) is 29.8 Å². The maximum atomic E-state index is 14.0.